The molecule has 0 bridgehead atoms. The summed E-state index contributed by atoms with van der Waals surface area (Å²) in [5, 5.41) is 0. The normalized spacial score (nSPS) is 23.2. The first kappa shape index (κ1) is 18.6. The largest absolute Gasteiger partial charge is 0.425 e. The Morgan fingerprint density at radius 2 is 0.781 bits per heavy atom. The van der Waals surface area contributed by atoms with Crippen LogP contribution >= 0.6 is 0 Å². The van der Waals surface area contributed by atoms with E-state index in [0.717, 1.165) is 0 Å². The van der Waals surface area contributed by atoms with Crippen LogP contribution in [0.4, 0.5) is 0 Å². The third-order valence-electron chi connectivity index (χ3n) is 6.58. The van der Waals surface area contributed by atoms with Gasteiger partial charge in [-0.25, -0.2) is 0 Å². The molecule has 0 radical (unpaired) electrons. The summed E-state index contributed by atoms with van der Waals surface area (Å²) in [6.45, 7) is 0. The van der Waals surface area contributed by atoms with E-state index in [4.69, 9.17) is 9.47 Å². The molecule has 2 aliphatic rings. The average Bonchev–Trinajstić information content (AvgIpc) is 3.31. The molecule has 154 valence electrons. The van der Waals surface area contributed by atoms with Crippen LogP contribution in [-0.4, -0.2) is 11.9 Å². The number of hydrogen-bond acceptors (Lipinski definition) is 4. The summed E-state index contributed by atoms with van der Waals surface area (Å²) in [5.41, 5.74) is -0.284. The lowest BCUT2D eigenvalue weighted by atomic mass is 9.52. The second kappa shape index (κ2) is 6.66. The third kappa shape index (κ3) is 2.11. The molecule has 2 aliphatic heterocycles. The van der Waals surface area contributed by atoms with Crippen LogP contribution in [0.5, 0.6) is 11.5 Å². The smallest absolute Gasteiger partial charge is 0.328 e. The van der Waals surface area contributed by atoms with Crippen molar-refractivity contribution in [3.8, 4) is 11.5 Å². The van der Waals surface area contributed by atoms with Gasteiger partial charge in [-0.2, -0.15) is 0 Å². The summed E-state index contributed by atoms with van der Waals surface area (Å²) >= 11 is 0. The van der Waals surface area contributed by atoms with Gasteiger partial charge in [0.05, 0.1) is 0 Å². The van der Waals surface area contributed by atoms with Gasteiger partial charge in [0.25, 0.3) is 0 Å². The lowest BCUT2D eigenvalue weighted by molar-refractivity contribution is -0.147. The van der Waals surface area contributed by atoms with Gasteiger partial charge in [-0.05, 0) is 23.3 Å². The van der Waals surface area contributed by atoms with Crippen LogP contribution in [0.3, 0.4) is 0 Å². The Balaban J connectivity index is 1.85. The zero-order chi connectivity index (χ0) is 21.8. The molecular weight excluding hydrogens is 400 g/mol. The topological polar surface area (TPSA) is 52.6 Å². The molecule has 0 unspecified atom stereocenters. The van der Waals surface area contributed by atoms with Crippen molar-refractivity contribution >= 4 is 11.9 Å². The van der Waals surface area contributed by atoms with E-state index in [1.165, 1.54) is 0 Å². The number of ether oxygens (including phenoxy) is 2. The summed E-state index contributed by atoms with van der Waals surface area (Å²) in [5.74, 6) is -0.0903. The van der Waals surface area contributed by atoms with Crippen molar-refractivity contribution < 1.29 is 19.1 Å². The standard InChI is InChI=1S/C28H18O4/c29-25-27(19-11-3-1-4-12-19,21-15-7-9-17-23(21)31-25)28(20-13-5-2-6-14-20)22-16-8-10-18-24(22)32-26(28)30/h1-18H/t27-,28-/m1/s1. The molecule has 0 saturated heterocycles. The van der Waals surface area contributed by atoms with Crippen molar-refractivity contribution in [2.45, 2.75) is 10.8 Å². The monoisotopic (exact) mass is 418 g/mol. The number of para-hydroxylation sites is 2. The van der Waals surface area contributed by atoms with E-state index in [0.29, 0.717) is 33.8 Å². The van der Waals surface area contributed by atoms with Gasteiger partial charge in [0, 0.05) is 11.1 Å². The van der Waals surface area contributed by atoms with E-state index in [-0.39, 0.29) is 0 Å². The second-order valence-corrected chi connectivity index (χ2v) is 8.00. The number of hydrogen-bond donors (Lipinski definition) is 0. The van der Waals surface area contributed by atoms with Gasteiger partial charge in [-0.1, -0.05) is 97.1 Å². The second-order valence-electron chi connectivity index (χ2n) is 8.00. The zero-order valence-electron chi connectivity index (χ0n) is 17.0. The molecule has 32 heavy (non-hydrogen) atoms. The number of esters is 2. The molecule has 0 saturated carbocycles. The number of carbonyl (C=O) groups excluding carboxylic acids is 2. The predicted molar refractivity (Wildman–Crippen MR) is 119 cm³/mol. The van der Waals surface area contributed by atoms with Crippen LogP contribution in [0.2, 0.25) is 0 Å². The van der Waals surface area contributed by atoms with E-state index < -0.39 is 22.8 Å². The van der Waals surface area contributed by atoms with Crippen LogP contribution in [-0.2, 0) is 20.4 Å². The molecule has 6 rings (SSSR count). The van der Waals surface area contributed by atoms with E-state index in [9.17, 15) is 9.59 Å². The van der Waals surface area contributed by atoms with Gasteiger partial charge in [0.15, 0.2) is 0 Å². The Hall–Kier alpha value is -4.18. The number of carbonyl (C=O) groups is 2. The molecule has 0 fully saturated rings. The quantitative estimate of drug-likeness (QED) is 0.354. The molecule has 4 aromatic rings. The van der Waals surface area contributed by atoms with Gasteiger partial charge in [0.1, 0.15) is 22.3 Å². The highest BCUT2D eigenvalue weighted by Crippen LogP contribution is 2.62. The summed E-state index contributed by atoms with van der Waals surface area (Å²) < 4.78 is 11.7. The fraction of sp³-hybridized carbons (Fsp3) is 0.0714. The minimum Gasteiger partial charge on any atom is -0.425 e. The van der Waals surface area contributed by atoms with E-state index in [1.807, 2.05) is 97.1 Å². The predicted octanol–water partition coefficient (Wildman–Crippen LogP) is 4.80. The third-order valence-corrected chi connectivity index (χ3v) is 6.58. The summed E-state index contributed by atoms with van der Waals surface area (Å²) in [6.07, 6.45) is 0. The van der Waals surface area contributed by atoms with E-state index >= 15 is 0 Å². The Morgan fingerprint density at radius 1 is 0.438 bits per heavy atom. The van der Waals surface area contributed by atoms with Crippen molar-refractivity contribution in [3.05, 3.63) is 131 Å². The van der Waals surface area contributed by atoms with Gasteiger partial charge < -0.3 is 9.47 Å². The highest BCUT2D eigenvalue weighted by molar-refractivity contribution is 6.08. The molecule has 0 spiro atoms. The van der Waals surface area contributed by atoms with E-state index in [2.05, 4.69) is 0 Å². The molecule has 4 nitrogen and oxygen atoms in total. The molecule has 0 aromatic heterocycles. The van der Waals surface area contributed by atoms with Crippen LogP contribution < -0.4 is 9.47 Å². The Bertz CT molecular complexity index is 1260. The minimum atomic E-state index is -1.46. The number of rotatable bonds is 3. The maximum absolute atomic E-state index is 14.0. The fourth-order valence-corrected chi connectivity index (χ4v) is 5.37. The lowest BCUT2D eigenvalue weighted by Gasteiger charge is -2.42. The highest BCUT2D eigenvalue weighted by atomic mass is 16.6. The highest BCUT2D eigenvalue weighted by Gasteiger charge is 2.72. The van der Waals surface area contributed by atoms with Gasteiger partial charge in [0.2, 0.25) is 0 Å². The minimum absolute atomic E-state index is 0.453. The van der Waals surface area contributed by atoms with Crippen LogP contribution in [0.25, 0.3) is 0 Å². The van der Waals surface area contributed by atoms with Crippen molar-refractivity contribution in [3.63, 3.8) is 0 Å². The zero-order valence-corrected chi connectivity index (χ0v) is 17.0. The van der Waals surface area contributed by atoms with Gasteiger partial charge >= 0.3 is 11.9 Å². The molecule has 2 atom stereocenters. The lowest BCUT2D eigenvalue weighted by Crippen LogP contribution is -2.58. The fourth-order valence-electron chi connectivity index (χ4n) is 5.37. The summed E-state index contributed by atoms with van der Waals surface area (Å²) in [4.78, 5) is 28.1. The van der Waals surface area contributed by atoms with Crippen molar-refractivity contribution in [2.75, 3.05) is 0 Å². The summed E-state index contributed by atoms with van der Waals surface area (Å²) in [6, 6.07) is 33.4. The number of fused-ring (bicyclic) bond motifs is 2. The molecule has 4 aromatic carbocycles. The Labute approximate surface area is 185 Å². The average molecular weight is 418 g/mol. The van der Waals surface area contributed by atoms with Gasteiger partial charge in [-0.3, -0.25) is 9.59 Å². The number of benzene rings is 4. The van der Waals surface area contributed by atoms with Crippen LogP contribution in [0, 0.1) is 0 Å². The van der Waals surface area contributed by atoms with Crippen molar-refractivity contribution in [1.29, 1.82) is 0 Å². The first-order valence-corrected chi connectivity index (χ1v) is 10.5. The van der Waals surface area contributed by atoms with Crippen molar-refractivity contribution in [1.82, 2.24) is 0 Å². The maximum atomic E-state index is 14.0. The van der Waals surface area contributed by atoms with Crippen LogP contribution in [0.15, 0.2) is 109 Å². The first-order chi connectivity index (χ1) is 15.7. The maximum Gasteiger partial charge on any atom is 0.328 e. The molecule has 0 amide bonds. The summed E-state index contributed by atoms with van der Waals surface area (Å²) in [7, 11) is 0. The molecule has 2 heterocycles. The van der Waals surface area contributed by atoms with Gasteiger partial charge in [-0.15, -0.1) is 0 Å². The SMILES string of the molecule is O=C1Oc2ccccc2[C@@]1(c1ccccc1)[C@@]1(c2ccccc2)C(=O)Oc2ccccc21. The van der Waals surface area contributed by atoms with Crippen LogP contribution in [0.1, 0.15) is 22.3 Å². The first-order valence-electron chi connectivity index (χ1n) is 10.5. The molecule has 0 aliphatic carbocycles. The molecule has 4 heteroatoms. The van der Waals surface area contributed by atoms with E-state index in [1.54, 1.807) is 12.1 Å². The molecular formula is C28H18O4. The molecule has 0 N–H and O–H groups in total. The van der Waals surface area contributed by atoms with Crippen molar-refractivity contribution in [2.24, 2.45) is 0 Å². The Kier molecular flexibility index (Phi) is 3.87. The Morgan fingerprint density at radius 3 is 1.19 bits per heavy atom.